The molecule has 1 aliphatic rings. The molecule has 2 heterocycles. The van der Waals surface area contributed by atoms with Crippen molar-refractivity contribution < 1.29 is 0 Å². The number of nitrogens with zero attached hydrogens (tertiary/aromatic N) is 4. The second kappa shape index (κ2) is 2.92. The molecule has 0 bridgehead atoms. The molecule has 0 aliphatic heterocycles. The van der Waals surface area contributed by atoms with E-state index in [2.05, 4.69) is 15.0 Å². The van der Waals surface area contributed by atoms with Crippen molar-refractivity contribution in [3.63, 3.8) is 0 Å². The van der Waals surface area contributed by atoms with E-state index in [1.54, 1.807) is 6.33 Å². The Bertz CT molecular complexity index is 512. The molecule has 5 heteroatoms. The molecule has 1 aliphatic carbocycles. The SMILES string of the molecule is Cn1cnc2c(N)nc(C3CCC3)nc21. The molecular formula is C10H13N5. The predicted molar refractivity (Wildman–Crippen MR) is 57.3 cm³/mol. The summed E-state index contributed by atoms with van der Waals surface area (Å²) < 4.78 is 1.88. The maximum absolute atomic E-state index is 5.86. The Balaban J connectivity index is 2.20. The van der Waals surface area contributed by atoms with Crippen LogP contribution in [0.3, 0.4) is 0 Å². The second-order valence-electron chi connectivity index (χ2n) is 4.12. The van der Waals surface area contributed by atoms with E-state index in [9.17, 15) is 0 Å². The molecule has 2 N–H and O–H groups in total. The number of imidazole rings is 1. The fraction of sp³-hybridized carbons (Fsp3) is 0.500. The average molecular weight is 203 g/mol. The van der Waals surface area contributed by atoms with E-state index in [0.29, 0.717) is 17.3 Å². The Kier molecular flexibility index (Phi) is 1.68. The van der Waals surface area contributed by atoms with E-state index in [1.807, 2.05) is 11.6 Å². The van der Waals surface area contributed by atoms with Crippen molar-refractivity contribution in [1.29, 1.82) is 0 Å². The number of hydrogen-bond acceptors (Lipinski definition) is 4. The first kappa shape index (κ1) is 8.64. The molecule has 0 saturated heterocycles. The number of rotatable bonds is 1. The Labute approximate surface area is 87.3 Å². The molecular weight excluding hydrogens is 190 g/mol. The van der Waals surface area contributed by atoms with Gasteiger partial charge in [-0.3, -0.25) is 0 Å². The molecule has 3 rings (SSSR count). The van der Waals surface area contributed by atoms with Crippen LogP contribution in [0.15, 0.2) is 6.33 Å². The van der Waals surface area contributed by atoms with Gasteiger partial charge in [0.1, 0.15) is 11.3 Å². The van der Waals surface area contributed by atoms with Crippen molar-refractivity contribution in [3.8, 4) is 0 Å². The number of hydrogen-bond donors (Lipinski definition) is 1. The number of aromatic nitrogens is 4. The van der Waals surface area contributed by atoms with Crippen LogP contribution in [0.4, 0.5) is 5.82 Å². The van der Waals surface area contributed by atoms with E-state index in [4.69, 9.17) is 5.73 Å². The van der Waals surface area contributed by atoms with Crippen molar-refractivity contribution >= 4 is 17.0 Å². The van der Waals surface area contributed by atoms with Gasteiger partial charge in [0.2, 0.25) is 0 Å². The molecule has 0 aromatic carbocycles. The van der Waals surface area contributed by atoms with E-state index < -0.39 is 0 Å². The summed E-state index contributed by atoms with van der Waals surface area (Å²) in [5, 5.41) is 0. The maximum Gasteiger partial charge on any atom is 0.165 e. The molecule has 78 valence electrons. The summed E-state index contributed by atoms with van der Waals surface area (Å²) in [7, 11) is 1.92. The summed E-state index contributed by atoms with van der Waals surface area (Å²) in [6.45, 7) is 0. The Morgan fingerprint density at radius 1 is 1.40 bits per heavy atom. The van der Waals surface area contributed by atoms with Gasteiger partial charge in [-0.05, 0) is 12.8 Å². The monoisotopic (exact) mass is 203 g/mol. The van der Waals surface area contributed by atoms with E-state index in [0.717, 1.165) is 11.5 Å². The van der Waals surface area contributed by atoms with Crippen molar-refractivity contribution in [2.75, 3.05) is 5.73 Å². The van der Waals surface area contributed by atoms with Crippen LogP contribution in [0.5, 0.6) is 0 Å². The van der Waals surface area contributed by atoms with Gasteiger partial charge < -0.3 is 10.3 Å². The number of fused-ring (bicyclic) bond motifs is 1. The average Bonchev–Trinajstić information content (AvgIpc) is 2.46. The fourth-order valence-electron chi connectivity index (χ4n) is 1.90. The first-order valence-corrected chi connectivity index (χ1v) is 5.20. The van der Waals surface area contributed by atoms with Gasteiger partial charge in [-0.15, -0.1) is 0 Å². The van der Waals surface area contributed by atoms with Gasteiger partial charge >= 0.3 is 0 Å². The highest BCUT2D eigenvalue weighted by Crippen LogP contribution is 2.35. The molecule has 0 radical (unpaired) electrons. The molecule has 0 spiro atoms. The van der Waals surface area contributed by atoms with Crippen LogP contribution in [0, 0.1) is 0 Å². The second-order valence-corrected chi connectivity index (χ2v) is 4.12. The Hall–Kier alpha value is -1.65. The lowest BCUT2D eigenvalue weighted by Gasteiger charge is -2.23. The molecule has 5 nitrogen and oxygen atoms in total. The number of anilines is 1. The first-order valence-electron chi connectivity index (χ1n) is 5.20. The van der Waals surface area contributed by atoms with E-state index in [1.165, 1.54) is 19.3 Å². The van der Waals surface area contributed by atoms with Gasteiger partial charge in [0, 0.05) is 13.0 Å². The van der Waals surface area contributed by atoms with Gasteiger partial charge in [-0.1, -0.05) is 6.42 Å². The third kappa shape index (κ3) is 1.19. The van der Waals surface area contributed by atoms with Crippen LogP contribution in [-0.4, -0.2) is 19.5 Å². The van der Waals surface area contributed by atoms with Crippen LogP contribution in [0.2, 0.25) is 0 Å². The van der Waals surface area contributed by atoms with Gasteiger partial charge in [0.25, 0.3) is 0 Å². The van der Waals surface area contributed by atoms with Crippen molar-refractivity contribution in [1.82, 2.24) is 19.5 Å². The lowest BCUT2D eigenvalue weighted by Crippen LogP contribution is -2.14. The lowest BCUT2D eigenvalue weighted by molar-refractivity contribution is 0.402. The number of nitrogens with two attached hydrogens (primary N) is 1. The van der Waals surface area contributed by atoms with Crippen LogP contribution >= 0.6 is 0 Å². The standard InChI is InChI=1S/C10H13N5/c1-15-5-12-7-8(11)13-9(14-10(7)15)6-3-2-4-6/h5-6H,2-4H2,1H3,(H2,11,13,14). The Morgan fingerprint density at radius 3 is 2.87 bits per heavy atom. The summed E-state index contributed by atoms with van der Waals surface area (Å²) in [5.74, 6) is 1.89. The minimum atomic E-state index is 0.502. The minimum Gasteiger partial charge on any atom is -0.382 e. The fourth-order valence-corrected chi connectivity index (χ4v) is 1.90. The van der Waals surface area contributed by atoms with Crippen molar-refractivity contribution in [2.45, 2.75) is 25.2 Å². The number of aryl methyl sites for hydroxylation is 1. The van der Waals surface area contributed by atoms with Crippen LogP contribution in [-0.2, 0) is 7.05 Å². The van der Waals surface area contributed by atoms with Gasteiger partial charge in [-0.2, -0.15) is 0 Å². The lowest BCUT2D eigenvalue weighted by atomic mass is 9.85. The highest BCUT2D eigenvalue weighted by Gasteiger charge is 2.23. The summed E-state index contributed by atoms with van der Waals surface area (Å²) >= 11 is 0. The van der Waals surface area contributed by atoms with Crippen LogP contribution in [0.1, 0.15) is 31.0 Å². The molecule has 1 saturated carbocycles. The summed E-state index contributed by atoms with van der Waals surface area (Å²) in [4.78, 5) is 13.0. The van der Waals surface area contributed by atoms with E-state index >= 15 is 0 Å². The zero-order chi connectivity index (χ0) is 10.4. The van der Waals surface area contributed by atoms with Gasteiger partial charge in [0.05, 0.1) is 6.33 Å². The largest absolute Gasteiger partial charge is 0.382 e. The van der Waals surface area contributed by atoms with Gasteiger partial charge in [0.15, 0.2) is 11.5 Å². The smallest absolute Gasteiger partial charge is 0.165 e. The molecule has 2 aromatic rings. The molecule has 2 aromatic heterocycles. The normalized spacial score (nSPS) is 16.9. The maximum atomic E-state index is 5.86. The van der Waals surface area contributed by atoms with E-state index in [-0.39, 0.29) is 0 Å². The number of nitrogen functional groups attached to an aromatic ring is 1. The molecule has 15 heavy (non-hydrogen) atoms. The summed E-state index contributed by atoms with van der Waals surface area (Å²) in [6, 6.07) is 0. The van der Waals surface area contributed by atoms with Crippen LogP contribution < -0.4 is 5.73 Å². The third-order valence-corrected chi connectivity index (χ3v) is 3.07. The molecule has 0 atom stereocenters. The molecule has 0 amide bonds. The predicted octanol–water partition coefficient (Wildman–Crippen LogP) is 1.21. The first-order chi connectivity index (χ1) is 7.25. The molecule has 1 fully saturated rings. The zero-order valence-electron chi connectivity index (χ0n) is 8.64. The quantitative estimate of drug-likeness (QED) is 0.756. The highest BCUT2D eigenvalue weighted by molar-refractivity contribution is 5.81. The van der Waals surface area contributed by atoms with Gasteiger partial charge in [-0.25, -0.2) is 15.0 Å². The zero-order valence-corrected chi connectivity index (χ0v) is 8.64. The highest BCUT2D eigenvalue weighted by atomic mass is 15.1. The molecule has 0 unspecified atom stereocenters. The summed E-state index contributed by atoms with van der Waals surface area (Å²) in [6.07, 6.45) is 5.36. The minimum absolute atomic E-state index is 0.502. The third-order valence-electron chi connectivity index (χ3n) is 3.07. The van der Waals surface area contributed by atoms with Crippen molar-refractivity contribution in [3.05, 3.63) is 12.2 Å². The summed E-state index contributed by atoms with van der Waals surface area (Å²) in [5.41, 5.74) is 7.41. The Morgan fingerprint density at radius 2 is 2.20 bits per heavy atom. The van der Waals surface area contributed by atoms with Crippen LogP contribution in [0.25, 0.3) is 11.2 Å². The topological polar surface area (TPSA) is 69.6 Å². The van der Waals surface area contributed by atoms with Crippen molar-refractivity contribution in [2.24, 2.45) is 7.05 Å².